The Morgan fingerprint density at radius 2 is 1.00 bits per heavy atom. The van der Waals surface area contributed by atoms with Crippen LogP contribution in [0.1, 0.15) is 0 Å². The van der Waals surface area contributed by atoms with Crippen molar-refractivity contribution in [3.63, 3.8) is 0 Å². The quantitative estimate of drug-likeness (QED) is 0.424. The van der Waals surface area contributed by atoms with Gasteiger partial charge >= 0.3 is 63.4 Å². The molecule has 0 rings (SSSR count). The summed E-state index contributed by atoms with van der Waals surface area (Å²) in [5, 5.41) is 0. The van der Waals surface area contributed by atoms with Gasteiger partial charge in [-0.25, -0.2) is 0 Å². The fourth-order valence-corrected chi connectivity index (χ4v) is 0. The van der Waals surface area contributed by atoms with E-state index in [1.165, 1.54) is 0 Å². The van der Waals surface area contributed by atoms with Gasteiger partial charge in [0.05, 0.1) is 0 Å². The van der Waals surface area contributed by atoms with Gasteiger partial charge in [0.25, 0.3) is 0 Å². The normalized spacial score (nSPS) is 3.71. The van der Waals surface area contributed by atoms with Crippen molar-refractivity contribution in [3.05, 3.63) is 0 Å². The SMILES string of the molecule is [Ni+2].[O]=[Cr][O-].[O]=[Cr][O-]. The van der Waals surface area contributed by atoms with E-state index in [1.807, 2.05) is 0 Å². The minimum absolute atomic E-state index is 0. The molecule has 0 fully saturated rings. The second kappa shape index (κ2) is 27.6. The van der Waals surface area contributed by atoms with E-state index in [1.54, 1.807) is 0 Å². The maximum absolute atomic E-state index is 8.44. The van der Waals surface area contributed by atoms with Crippen molar-refractivity contribution in [1.82, 2.24) is 0 Å². The summed E-state index contributed by atoms with van der Waals surface area (Å²) in [6, 6.07) is 0. The van der Waals surface area contributed by atoms with Crippen molar-refractivity contribution in [2.24, 2.45) is 0 Å². The average molecular weight is 227 g/mol. The first kappa shape index (κ1) is 15.7. The van der Waals surface area contributed by atoms with E-state index >= 15 is 0 Å². The molecule has 4 nitrogen and oxygen atoms in total. The zero-order chi connectivity index (χ0) is 5.41. The zero-order valence-corrected chi connectivity index (χ0v) is 6.30. The first-order valence-electron chi connectivity index (χ1n) is 0.667. The van der Waals surface area contributed by atoms with Crippen molar-refractivity contribution in [3.8, 4) is 0 Å². The fourth-order valence-electron chi connectivity index (χ4n) is 0. The molecule has 46 valence electrons. The van der Waals surface area contributed by atoms with E-state index < -0.39 is 31.0 Å². The number of hydrogen-bond acceptors (Lipinski definition) is 4. The molecule has 0 atom stereocenters. The van der Waals surface area contributed by atoms with Crippen LogP contribution in [0.3, 0.4) is 0 Å². The topological polar surface area (TPSA) is 80.3 Å². The first-order chi connectivity index (χ1) is 2.83. The molecular weight excluding hydrogens is 227 g/mol. The molecule has 0 aliphatic heterocycles. The Hall–Kier alpha value is 1.08. The Morgan fingerprint density at radius 3 is 1.00 bits per heavy atom. The minimum atomic E-state index is -1.62. The summed E-state index contributed by atoms with van der Waals surface area (Å²) in [6.07, 6.45) is 0. The zero-order valence-electron chi connectivity index (χ0n) is 2.77. The molecular formula is Cr2NiO4. The Kier molecular flexibility index (Phi) is 61.9. The molecule has 0 bridgehead atoms. The summed E-state index contributed by atoms with van der Waals surface area (Å²) >= 11 is -3.25. The second-order valence-corrected chi connectivity index (χ2v) is 0.561. The summed E-state index contributed by atoms with van der Waals surface area (Å²) in [4.78, 5) is 0. The number of rotatable bonds is 0. The van der Waals surface area contributed by atoms with Crippen molar-refractivity contribution in [2.75, 3.05) is 0 Å². The van der Waals surface area contributed by atoms with E-state index in [4.69, 9.17) is 15.9 Å². The monoisotopic (exact) mass is 226 g/mol. The molecule has 0 unspecified atom stereocenters. The van der Waals surface area contributed by atoms with Gasteiger partial charge in [0.2, 0.25) is 0 Å². The molecule has 0 amide bonds. The van der Waals surface area contributed by atoms with Crippen molar-refractivity contribution in [2.45, 2.75) is 0 Å². The van der Waals surface area contributed by atoms with Crippen LogP contribution < -0.4 is 8.32 Å². The molecule has 0 aliphatic rings. The van der Waals surface area contributed by atoms with Gasteiger partial charge in [-0.05, 0) is 0 Å². The van der Waals surface area contributed by atoms with Crippen LogP contribution in [0.2, 0.25) is 0 Å². The van der Waals surface area contributed by atoms with Crippen LogP contribution in [-0.2, 0) is 55.1 Å². The Balaban J connectivity index is -0.0000000400. The van der Waals surface area contributed by atoms with Gasteiger partial charge in [-0.2, -0.15) is 0 Å². The molecule has 0 radical (unpaired) electrons. The Bertz CT molecular complexity index is 30.7. The first-order valence-corrected chi connectivity index (χ1v) is 2.75. The molecule has 0 aliphatic carbocycles. The van der Waals surface area contributed by atoms with E-state index in [0.717, 1.165) is 0 Å². The van der Waals surface area contributed by atoms with Crippen LogP contribution in [0.4, 0.5) is 0 Å². The van der Waals surface area contributed by atoms with Gasteiger partial charge in [-0.3, -0.25) is 0 Å². The van der Waals surface area contributed by atoms with E-state index in [-0.39, 0.29) is 16.5 Å². The van der Waals surface area contributed by atoms with E-state index in [2.05, 4.69) is 0 Å². The third kappa shape index (κ3) is 157. The van der Waals surface area contributed by atoms with Gasteiger partial charge in [0.15, 0.2) is 0 Å². The molecule has 0 saturated carbocycles. The molecule has 0 spiro atoms. The molecule has 0 N–H and O–H groups in total. The van der Waals surface area contributed by atoms with Crippen LogP contribution in [0.25, 0.3) is 0 Å². The number of hydrogen-bond donors (Lipinski definition) is 0. The summed E-state index contributed by atoms with van der Waals surface area (Å²) in [5.41, 5.74) is 0. The third-order valence-electron chi connectivity index (χ3n) is 0. The predicted octanol–water partition coefficient (Wildman–Crippen LogP) is -2.62. The van der Waals surface area contributed by atoms with Crippen LogP contribution in [-0.4, -0.2) is 0 Å². The van der Waals surface area contributed by atoms with Gasteiger partial charge in [-0.1, -0.05) is 0 Å². The average Bonchev–Trinajstić information content (AvgIpc) is 1.39. The molecule has 7 heteroatoms. The van der Waals surface area contributed by atoms with Gasteiger partial charge in [0, 0.05) is 0 Å². The molecule has 7 heavy (non-hydrogen) atoms. The van der Waals surface area contributed by atoms with Crippen LogP contribution >= 0.6 is 0 Å². The van der Waals surface area contributed by atoms with Gasteiger partial charge in [0.1, 0.15) is 0 Å². The summed E-state index contributed by atoms with van der Waals surface area (Å²) in [5.74, 6) is 0. The Morgan fingerprint density at radius 1 is 1.00 bits per heavy atom. The molecule has 0 heterocycles. The Labute approximate surface area is 63.4 Å². The summed E-state index contributed by atoms with van der Waals surface area (Å²) in [7, 11) is 0. The second-order valence-electron chi connectivity index (χ2n) is 0.136. The third-order valence-corrected chi connectivity index (χ3v) is 0. The van der Waals surface area contributed by atoms with Gasteiger partial charge in [-0.15, -0.1) is 0 Å². The van der Waals surface area contributed by atoms with Crippen LogP contribution in [0.5, 0.6) is 0 Å². The van der Waals surface area contributed by atoms with E-state index in [9.17, 15) is 0 Å². The molecule has 0 aromatic rings. The molecule has 0 saturated heterocycles. The van der Waals surface area contributed by atoms with E-state index in [0.29, 0.717) is 0 Å². The maximum atomic E-state index is 8.44. The van der Waals surface area contributed by atoms with Crippen molar-refractivity contribution >= 4 is 0 Å². The summed E-state index contributed by atoms with van der Waals surface area (Å²) in [6.45, 7) is 0. The van der Waals surface area contributed by atoms with Gasteiger partial charge < -0.3 is 0 Å². The molecule has 0 aromatic heterocycles. The van der Waals surface area contributed by atoms with Crippen LogP contribution in [0, 0.1) is 0 Å². The van der Waals surface area contributed by atoms with Crippen LogP contribution in [0.15, 0.2) is 0 Å². The fraction of sp³-hybridized carbons (Fsp3) is 0. The molecule has 0 aromatic carbocycles. The summed E-state index contributed by atoms with van der Waals surface area (Å²) < 4.78 is 33.8. The van der Waals surface area contributed by atoms with Crippen molar-refractivity contribution < 1.29 is 63.4 Å². The predicted molar refractivity (Wildman–Crippen MR) is 1.37 cm³/mol. The van der Waals surface area contributed by atoms with Crippen molar-refractivity contribution in [1.29, 1.82) is 0 Å². The standard InChI is InChI=1S/2Cr.Ni.4O/q;;+2;;;2*-1.